The Balaban J connectivity index is 2.09. The van der Waals surface area contributed by atoms with Gasteiger partial charge in [0.2, 0.25) is 11.7 Å². The second-order valence-corrected chi connectivity index (χ2v) is 4.93. The van der Waals surface area contributed by atoms with Crippen molar-refractivity contribution in [3.8, 4) is 11.6 Å². The topological polar surface area (TPSA) is 78.1 Å². The Morgan fingerprint density at radius 3 is 2.76 bits per heavy atom. The fourth-order valence-electron chi connectivity index (χ4n) is 1.48. The number of nitrogens with two attached hydrogens (primary N) is 1. The van der Waals surface area contributed by atoms with Crippen molar-refractivity contribution < 1.29 is 8.94 Å². The molecule has 0 fully saturated rings. The standard InChI is InChI=1S/C12H17N3O2/c1-8-5-7-16-10(8)11-14-9(17-15-11)4-6-12(2,3)13/h5,7H,4,6,13H2,1-3H3. The van der Waals surface area contributed by atoms with Crippen molar-refractivity contribution in [2.45, 2.75) is 39.2 Å². The third-order valence-corrected chi connectivity index (χ3v) is 2.52. The molecule has 0 saturated carbocycles. The van der Waals surface area contributed by atoms with Gasteiger partial charge in [-0.15, -0.1) is 0 Å². The van der Waals surface area contributed by atoms with E-state index in [4.69, 9.17) is 14.7 Å². The molecule has 0 aliphatic carbocycles. The lowest BCUT2D eigenvalue weighted by atomic mass is 10.0. The van der Waals surface area contributed by atoms with Crippen LogP contribution in [-0.4, -0.2) is 15.7 Å². The zero-order chi connectivity index (χ0) is 12.5. The highest BCUT2D eigenvalue weighted by Gasteiger charge is 2.16. The molecule has 0 radical (unpaired) electrons. The van der Waals surface area contributed by atoms with Crippen molar-refractivity contribution >= 4 is 0 Å². The molecule has 2 rings (SSSR count). The number of furan rings is 1. The molecule has 2 heterocycles. The lowest BCUT2D eigenvalue weighted by molar-refractivity contribution is 0.357. The third kappa shape index (κ3) is 2.94. The van der Waals surface area contributed by atoms with Crippen LogP contribution < -0.4 is 5.73 Å². The molecule has 0 unspecified atom stereocenters. The minimum Gasteiger partial charge on any atom is -0.461 e. The molecule has 2 aromatic heterocycles. The van der Waals surface area contributed by atoms with E-state index in [0.717, 1.165) is 12.0 Å². The van der Waals surface area contributed by atoms with E-state index < -0.39 is 0 Å². The van der Waals surface area contributed by atoms with E-state index in [2.05, 4.69) is 10.1 Å². The van der Waals surface area contributed by atoms with Gasteiger partial charge in [0.05, 0.1) is 6.26 Å². The number of aromatic nitrogens is 2. The summed E-state index contributed by atoms with van der Waals surface area (Å²) < 4.78 is 10.5. The molecule has 92 valence electrons. The molecule has 0 aromatic carbocycles. The largest absolute Gasteiger partial charge is 0.461 e. The van der Waals surface area contributed by atoms with Gasteiger partial charge >= 0.3 is 0 Å². The lowest BCUT2D eigenvalue weighted by Gasteiger charge is -2.16. The van der Waals surface area contributed by atoms with E-state index >= 15 is 0 Å². The summed E-state index contributed by atoms with van der Waals surface area (Å²) in [7, 11) is 0. The van der Waals surface area contributed by atoms with E-state index in [1.54, 1.807) is 6.26 Å². The monoisotopic (exact) mass is 235 g/mol. The van der Waals surface area contributed by atoms with E-state index in [9.17, 15) is 0 Å². The predicted octanol–water partition coefficient (Wildman–Crippen LogP) is 2.31. The Bertz CT molecular complexity index is 494. The summed E-state index contributed by atoms with van der Waals surface area (Å²) in [6.07, 6.45) is 3.09. The molecular weight excluding hydrogens is 218 g/mol. The minimum absolute atomic E-state index is 0.227. The summed E-state index contributed by atoms with van der Waals surface area (Å²) in [4.78, 5) is 4.29. The van der Waals surface area contributed by atoms with E-state index in [1.807, 2.05) is 26.8 Å². The van der Waals surface area contributed by atoms with Crippen molar-refractivity contribution in [3.05, 3.63) is 23.8 Å². The van der Waals surface area contributed by atoms with Crippen LogP contribution in [0.4, 0.5) is 0 Å². The Morgan fingerprint density at radius 2 is 2.18 bits per heavy atom. The maximum Gasteiger partial charge on any atom is 0.238 e. The molecule has 0 spiro atoms. The average molecular weight is 235 g/mol. The Morgan fingerprint density at radius 1 is 1.41 bits per heavy atom. The van der Waals surface area contributed by atoms with Crippen LogP contribution in [0.1, 0.15) is 31.7 Å². The van der Waals surface area contributed by atoms with E-state index in [-0.39, 0.29) is 5.54 Å². The second-order valence-electron chi connectivity index (χ2n) is 4.93. The Labute approximate surface area is 100.0 Å². The van der Waals surface area contributed by atoms with Crippen LogP contribution in [-0.2, 0) is 6.42 Å². The van der Waals surface area contributed by atoms with Gasteiger partial charge in [0.25, 0.3) is 0 Å². The highest BCUT2D eigenvalue weighted by atomic mass is 16.5. The maximum absolute atomic E-state index is 5.90. The van der Waals surface area contributed by atoms with Gasteiger partial charge in [0, 0.05) is 12.0 Å². The van der Waals surface area contributed by atoms with Gasteiger partial charge in [0.15, 0.2) is 5.76 Å². The summed E-state index contributed by atoms with van der Waals surface area (Å²) >= 11 is 0. The first-order chi connectivity index (χ1) is 7.96. The van der Waals surface area contributed by atoms with Gasteiger partial charge in [-0.3, -0.25) is 0 Å². The highest BCUT2D eigenvalue weighted by Crippen LogP contribution is 2.21. The zero-order valence-electron chi connectivity index (χ0n) is 10.4. The molecular formula is C12H17N3O2. The van der Waals surface area contributed by atoms with Crippen molar-refractivity contribution in [1.82, 2.24) is 10.1 Å². The third-order valence-electron chi connectivity index (χ3n) is 2.52. The second kappa shape index (κ2) is 4.33. The van der Waals surface area contributed by atoms with Crippen LogP contribution in [0, 0.1) is 6.92 Å². The molecule has 0 amide bonds. The van der Waals surface area contributed by atoms with Crippen molar-refractivity contribution in [2.75, 3.05) is 0 Å². The molecule has 0 atom stereocenters. The predicted molar refractivity (Wildman–Crippen MR) is 63.3 cm³/mol. The first-order valence-electron chi connectivity index (χ1n) is 5.62. The SMILES string of the molecule is Cc1ccoc1-c1noc(CCC(C)(C)N)n1. The van der Waals surface area contributed by atoms with Crippen LogP contribution in [0.5, 0.6) is 0 Å². The number of hydrogen-bond donors (Lipinski definition) is 1. The molecule has 0 aliphatic heterocycles. The molecule has 2 N–H and O–H groups in total. The van der Waals surface area contributed by atoms with Gasteiger partial charge in [0.1, 0.15) is 0 Å². The van der Waals surface area contributed by atoms with Gasteiger partial charge in [-0.05, 0) is 38.8 Å². The van der Waals surface area contributed by atoms with Crippen LogP contribution in [0.15, 0.2) is 21.3 Å². The van der Waals surface area contributed by atoms with Gasteiger partial charge in [-0.2, -0.15) is 4.98 Å². The number of aryl methyl sites for hydroxylation is 2. The zero-order valence-corrected chi connectivity index (χ0v) is 10.4. The molecule has 0 saturated heterocycles. The first kappa shape index (κ1) is 11.9. The van der Waals surface area contributed by atoms with Gasteiger partial charge in [-0.25, -0.2) is 0 Å². The quantitative estimate of drug-likeness (QED) is 0.879. The fourth-order valence-corrected chi connectivity index (χ4v) is 1.48. The smallest absolute Gasteiger partial charge is 0.238 e. The molecule has 2 aromatic rings. The summed E-state index contributed by atoms with van der Waals surface area (Å²) in [6, 6.07) is 1.87. The summed E-state index contributed by atoms with van der Waals surface area (Å²) in [5.74, 6) is 1.75. The Hall–Kier alpha value is -1.62. The van der Waals surface area contributed by atoms with Gasteiger partial charge in [-0.1, -0.05) is 5.16 Å². The minimum atomic E-state index is -0.227. The average Bonchev–Trinajstić information content (AvgIpc) is 2.81. The molecule has 5 heteroatoms. The molecule has 17 heavy (non-hydrogen) atoms. The summed E-state index contributed by atoms with van der Waals surface area (Å²) in [6.45, 7) is 5.89. The normalized spacial score (nSPS) is 12.0. The number of rotatable bonds is 4. The maximum atomic E-state index is 5.90. The molecule has 5 nitrogen and oxygen atoms in total. The first-order valence-corrected chi connectivity index (χ1v) is 5.62. The number of nitrogens with zero attached hydrogens (tertiary/aromatic N) is 2. The van der Waals surface area contributed by atoms with Crippen molar-refractivity contribution in [1.29, 1.82) is 0 Å². The Kier molecular flexibility index (Phi) is 3.02. The van der Waals surface area contributed by atoms with Gasteiger partial charge < -0.3 is 14.7 Å². The fraction of sp³-hybridized carbons (Fsp3) is 0.500. The summed E-state index contributed by atoms with van der Waals surface area (Å²) in [5.41, 5.74) is 6.67. The van der Waals surface area contributed by atoms with Crippen LogP contribution in [0.3, 0.4) is 0 Å². The highest BCUT2D eigenvalue weighted by molar-refractivity contribution is 5.50. The molecule has 0 aliphatic rings. The van der Waals surface area contributed by atoms with Crippen LogP contribution >= 0.6 is 0 Å². The number of hydrogen-bond acceptors (Lipinski definition) is 5. The van der Waals surface area contributed by atoms with Crippen LogP contribution in [0.2, 0.25) is 0 Å². The van der Waals surface area contributed by atoms with E-state index in [1.165, 1.54) is 0 Å². The summed E-state index contributed by atoms with van der Waals surface area (Å²) in [5, 5.41) is 3.90. The van der Waals surface area contributed by atoms with E-state index in [0.29, 0.717) is 23.9 Å². The van der Waals surface area contributed by atoms with Crippen molar-refractivity contribution in [2.24, 2.45) is 5.73 Å². The van der Waals surface area contributed by atoms with Crippen LogP contribution in [0.25, 0.3) is 11.6 Å². The lowest BCUT2D eigenvalue weighted by Crippen LogP contribution is -2.32. The van der Waals surface area contributed by atoms with Crippen molar-refractivity contribution in [3.63, 3.8) is 0 Å². The molecule has 0 bridgehead atoms.